The van der Waals surface area contributed by atoms with Crippen LogP contribution in [0.1, 0.15) is 26.2 Å². The third-order valence-electron chi connectivity index (χ3n) is 2.72. The number of aromatic nitrogens is 2. The van der Waals surface area contributed by atoms with Gasteiger partial charge in [-0.05, 0) is 6.42 Å². The standard InChI is InChI=1S/C11H21N3O3S/c1-3-4-5-6-13(2)18(16,17)11-9-12-14(10-11)7-8-15/h9-10,15H,3-8H2,1-2H3. The fraction of sp³-hybridized carbons (Fsp3) is 0.727. The van der Waals surface area contributed by atoms with E-state index in [9.17, 15) is 8.42 Å². The maximum absolute atomic E-state index is 12.2. The first-order valence-electron chi connectivity index (χ1n) is 6.12. The van der Waals surface area contributed by atoms with Gasteiger partial charge in [0.25, 0.3) is 0 Å². The molecule has 104 valence electrons. The molecular weight excluding hydrogens is 254 g/mol. The van der Waals surface area contributed by atoms with Crippen LogP contribution in [0.2, 0.25) is 0 Å². The van der Waals surface area contributed by atoms with E-state index in [2.05, 4.69) is 12.0 Å². The molecule has 7 heteroatoms. The minimum absolute atomic E-state index is 0.0620. The Morgan fingerprint density at radius 3 is 2.78 bits per heavy atom. The first-order chi connectivity index (χ1) is 8.52. The molecule has 0 aliphatic heterocycles. The SMILES string of the molecule is CCCCCN(C)S(=O)(=O)c1cnn(CCO)c1. The van der Waals surface area contributed by atoms with Gasteiger partial charge in [0.2, 0.25) is 10.0 Å². The Balaban J connectivity index is 2.71. The summed E-state index contributed by atoms with van der Waals surface area (Å²) in [6.07, 6.45) is 5.70. The largest absolute Gasteiger partial charge is 0.394 e. The van der Waals surface area contributed by atoms with E-state index in [4.69, 9.17) is 5.11 Å². The number of hydrogen-bond donors (Lipinski definition) is 1. The molecule has 0 unspecified atom stereocenters. The van der Waals surface area contributed by atoms with E-state index in [0.29, 0.717) is 13.1 Å². The van der Waals surface area contributed by atoms with Crippen LogP contribution in [0, 0.1) is 0 Å². The molecule has 0 saturated carbocycles. The minimum atomic E-state index is -3.45. The number of unbranched alkanes of at least 4 members (excludes halogenated alkanes) is 2. The first kappa shape index (κ1) is 15.1. The Morgan fingerprint density at radius 2 is 2.17 bits per heavy atom. The highest BCUT2D eigenvalue weighted by atomic mass is 32.2. The van der Waals surface area contributed by atoms with Crippen molar-refractivity contribution in [2.45, 2.75) is 37.6 Å². The second-order valence-corrected chi connectivity index (χ2v) is 6.24. The van der Waals surface area contributed by atoms with E-state index < -0.39 is 10.0 Å². The normalized spacial score (nSPS) is 12.2. The maximum Gasteiger partial charge on any atom is 0.245 e. The van der Waals surface area contributed by atoms with Gasteiger partial charge in [-0.1, -0.05) is 19.8 Å². The van der Waals surface area contributed by atoms with Gasteiger partial charge in [-0.15, -0.1) is 0 Å². The fourth-order valence-corrected chi connectivity index (χ4v) is 2.75. The van der Waals surface area contributed by atoms with Crippen molar-refractivity contribution in [1.82, 2.24) is 14.1 Å². The smallest absolute Gasteiger partial charge is 0.245 e. The molecule has 0 saturated heterocycles. The van der Waals surface area contributed by atoms with Crippen molar-refractivity contribution in [2.75, 3.05) is 20.2 Å². The lowest BCUT2D eigenvalue weighted by Crippen LogP contribution is -2.27. The predicted octanol–water partition coefficient (Wildman–Crippen LogP) is 0.686. The van der Waals surface area contributed by atoms with E-state index in [1.807, 2.05) is 0 Å². The van der Waals surface area contributed by atoms with Gasteiger partial charge >= 0.3 is 0 Å². The Morgan fingerprint density at radius 1 is 1.44 bits per heavy atom. The Kier molecular flexibility index (Phi) is 5.77. The van der Waals surface area contributed by atoms with Crippen molar-refractivity contribution in [3.63, 3.8) is 0 Å². The monoisotopic (exact) mass is 275 g/mol. The zero-order chi connectivity index (χ0) is 13.6. The lowest BCUT2D eigenvalue weighted by molar-refractivity contribution is 0.269. The average Bonchev–Trinajstić information content (AvgIpc) is 2.79. The van der Waals surface area contributed by atoms with E-state index in [0.717, 1.165) is 19.3 Å². The van der Waals surface area contributed by atoms with Crippen LogP contribution in [-0.2, 0) is 16.6 Å². The second kappa shape index (κ2) is 6.86. The molecule has 0 radical (unpaired) electrons. The number of nitrogens with zero attached hydrogens (tertiary/aromatic N) is 3. The van der Waals surface area contributed by atoms with Crippen LogP contribution < -0.4 is 0 Å². The molecule has 0 aliphatic rings. The van der Waals surface area contributed by atoms with Crippen LogP contribution in [0.4, 0.5) is 0 Å². The third-order valence-corrected chi connectivity index (χ3v) is 4.53. The van der Waals surface area contributed by atoms with Crippen LogP contribution in [0.3, 0.4) is 0 Å². The third kappa shape index (κ3) is 3.79. The topological polar surface area (TPSA) is 75.4 Å². The molecule has 1 aromatic rings. The molecule has 0 fully saturated rings. The second-order valence-electron chi connectivity index (χ2n) is 4.20. The van der Waals surface area contributed by atoms with Crippen molar-refractivity contribution >= 4 is 10.0 Å². The summed E-state index contributed by atoms with van der Waals surface area (Å²) in [5.41, 5.74) is 0. The number of aliphatic hydroxyl groups is 1. The Labute approximate surface area is 108 Å². The molecule has 0 atom stereocenters. The van der Waals surface area contributed by atoms with Gasteiger partial charge in [-0.3, -0.25) is 4.68 Å². The minimum Gasteiger partial charge on any atom is -0.394 e. The average molecular weight is 275 g/mol. The maximum atomic E-state index is 12.2. The molecule has 6 nitrogen and oxygen atoms in total. The van der Waals surface area contributed by atoms with Crippen LogP contribution in [0.25, 0.3) is 0 Å². The number of rotatable bonds is 8. The highest BCUT2D eigenvalue weighted by molar-refractivity contribution is 7.89. The molecule has 0 bridgehead atoms. The van der Waals surface area contributed by atoms with Gasteiger partial charge in [-0.2, -0.15) is 5.10 Å². The summed E-state index contributed by atoms with van der Waals surface area (Å²) in [5.74, 6) is 0. The molecule has 0 aromatic carbocycles. The molecular formula is C11H21N3O3S. The highest BCUT2D eigenvalue weighted by Crippen LogP contribution is 2.14. The molecule has 1 rings (SSSR count). The van der Waals surface area contributed by atoms with Crippen molar-refractivity contribution < 1.29 is 13.5 Å². The molecule has 1 aromatic heterocycles. The van der Waals surface area contributed by atoms with E-state index >= 15 is 0 Å². The highest BCUT2D eigenvalue weighted by Gasteiger charge is 2.21. The molecule has 0 aliphatic carbocycles. The zero-order valence-electron chi connectivity index (χ0n) is 10.9. The Hall–Kier alpha value is -0.920. The molecule has 0 amide bonds. The number of aliphatic hydroxyl groups excluding tert-OH is 1. The molecule has 1 heterocycles. The number of hydrogen-bond acceptors (Lipinski definition) is 4. The summed E-state index contributed by atoms with van der Waals surface area (Å²) in [4.78, 5) is 0.176. The van der Waals surface area contributed by atoms with E-state index in [-0.39, 0.29) is 11.5 Å². The van der Waals surface area contributed by atoms with Gasteiger partial charge in [-0.25, -0.2) is 12.7 Å². The summed E-state index contributed by atoms with van der Waals surface area (Å²) in [7, 11) is -1.87. The van der Waals surface area contributed by atoms with Crippen molar-refractivity contribution in [2.24, 2.45) is 0 Å². The van der Waals surface area contributed by atoms with E-state index in [1.54, 1.807) is 7.05 Å². The van der Waals surface area contributed by atoms with Crippen LogP contribution in [0.15, 0.2) is 17.3 Å². The van der Waals surface area contributed by atoms with Crippen LogP contribution in [0.5, 0.6) is 0 Å². The lowest BCUT2D eigenvalue weighted by atomic mass is 10.2. The molecule has 0 spiro atoms. The van der Waals surface area contributed by atoms with Gasteiger partial charge in [0.15, 0.2) is 0 Å². The summed E-state index contributed by atoms with van der Waals surface area (Å²) >= 11 is 0. The first-order valence-corrected chi connectivity index (χ1v) is 7.56. The summed E-state index contributed by atoms with van der Waals surface area (Å²) in [5, 5.41) is 12.7. The Bertz CT molecular complexity index is 456. The summed E-state index contributed by atoms with van der Waals surface area (Å²) in [6.45, 7) is 2.83. The predicted molar refractivity (Wildman–Crippen MR) is 68.7 cm³/mol. The van der Waals surface area contributed by atoms with Crippen LogP contribution in [-0.4, -0.2) is 47.8 Å². The van der Waals surface area contributed by atoms with Crippen LogP contribution >= 0.6 is 0 Å². The van der Waals surface area contributed by atoms with Gasteiger partial charge < -0.3 is 5.11 Å². The summed E-state index contributed by atoms with van der Waals surface area (Å²) in [6, 6.07) is 0. The van der Waals surface area contributed by atoms with Gasteiger partial charge in [0.1, 0.15) is 4.90 Å². The van der Waals surface area contributed by atoms with Gasteiger partial charge in [0, 0.05) is 19.8 Å². The summed E-state index contributed by atoms with van der Waals surface area (Å²) < 4.78 is 27.1. The van der Waals surface area contributed by atoms with E-state index in [1.165, 1.54) is 21.4 Å². The van der Waals surface area contributed by atoms with Crippen molar-refractivity contribution in [1.29, 1.82) is 0 Å². The van der Waals surface area contributed by atoms with Crippen molar-refractivity contribution in [3.05, 3.63) is 12.4 Å². The molecule has 18 heavy (non-hydrogen) atoms. The molecule has 1 N–H and O–H groups in total. The fourth-order valence-electron chi connectivity index (χ4n) is 1.59. The lowest BCUT2D eigenvalue weighted by Gasteiger charge is -2.15. The van der Waals surface area contributed by atoms with Crippen molar-refractivity contribution in [3.8, 4) is 0 Å². The quantitative estimate of drug-likeness (QED) is 0.708. The number of sulfonamides is 1. The van der Waals surface area contributed by atoms with Gasteiger partial charge in [0.05, 0.1) is 19.3 Å². The zero-order valence-corrected chi connectivity index (χ0v) is 11.7.